The molecular weight excluding hydrogens is 568 g/mol. The molecule has 8 rings (SSSR count). The molecule has 45 heavy (non-hydrogen) atoms. The van der Waals surface area contributed by atoms with E-state index in [1.54, 1.807) is 14.2 Å². The maximum absolute atomic E-state index is 13.7. The van der Waals surface area contributed by atoms with Gasteiger partial charge in [-0.25, -0.2) is 9.97 Å². The number of pyridine rings is 1. The maximum atomic E-state index is 13.7. The molecule has 0 radical (unpaired) electrons. The summed E-state index contributed by atoms with van der Waals surface area (Å²) < 4.78 is 15.6. The molecule has 5 aromatic rings. The zero-order valence-corrected chi connectivity index (χ0v) is 26.1. The first-order valence-corrected chi connectivity index (χ1v) is 15.7. The van der Waals surface area contributed by atoms with Crippen LogP contribution in [0, 0.1) is 18.8 Å². The predicted molar refractivity (Wildman–Crippen MR) is 173 cm³/mol. The number of aromatic hydroxyl groups is 1. The van der Waals surface area contributed by atoms with E-state index in [0.717, 1.165) is 64.3 Å². The van der Waals surface area contributed by atoms with Gasteiger partial charge in [-0.2, -0.15) is 0 Å². The van der Waals surface area contributed by atoms with Gasteiger partial charge in [0.25, 0.3) is 5.91 Å². The SMILES string of the molecule is COc1cc(-c2ccc3cc(-c4nc5cc(C(=O)N6CC7CCC6[C@@H]7N)cc(OC)c5n4C)n(CC4CC4)c3n2)cc(C)c1O. The standard InChI is InChI=1S/C35H38N6O4/c1-18-11-22(14-29(45-4)32(18)42)24-9-7-20-13-27(40(33(20)37-24)16-19-5-6-19)34-38-25-12-23(15-28(44-3)31(25)39(34)2)35(43)41-17-21-8-10-26(41)30(21)36/h7,9,11-15,19,21,26,30,42H,5-6,8,10,16-17,36H2,1-4H3/t21?,26?,30-/m1/s1. The van der Waals surface area contributed by atoms with E-state index in [1.165, 1.54) is 12.8 Å². The van der Waals surface area contributed by atoms with Crippen LogP contribution in [0.2, 0.25) is 0 Å². The molecule has 3 fully saturated rings. The van der Waals surface area contributed by atoms with Crippen LogP contribution in [0.1, 0.15) is 41.6 Å². The molecule has 1 aliphatic heterocycles. The lowest BCUT2D eigenvalue weighted by molar-refractivity contribution is 0.0700. The van der Waals surface area contributed by atoms with Gasteiger partial charge in [0.2, 0.25) is 0 Å². The number of hydrogen-bond acceptors (Lipinski definition) is 7. The Labute approximate surface area is 261 Å². The van der Waals surface area contributed by atoms with Gasteiger partial charge in [-0.1, -0.05) is 0 Å². The van der Waals surface area contributed by atoms with Gasteiger partial charge in [0, 0.05) is 48.7 Å². The van der Waals surface area contributed by atoms with Crippen LogP contribution in [0.25, 0.3) is 44.8 Å². The fourth-order valence-electron chi connectivity index (χ4n) is 7.53. The van der Waals surface area contributed by atoms with Crippen LogP contribution < -0.4 is 15.2 Å². The number of likely N-dealkylation sites (tertiary alicyclic amines) is 1. The van der Waals surface area contributed by atoms with Gasteiger partial charge in [0.05, 0.1) is 31.1 Å². The highest BCUT2D eigenvalue weighted by molar-refractivity contribution is 6.00. The molecule has 3 aliphatic rings. The third kappa shape index (κ3) is 4.37. The minimum absolute atomic E-state index is 0.00859. The minimum Gasteiger partial charge on any atom is -0.504 e. The molecule has 3 N–H and O–H groups in total. The molecule has 10 heteroatoms. The lowest BCUT2D eigenvalue weighted by atomic mass is 10.1. The summed E-state index contributed by atoms with van der Waals surface area (Å²) in [7, 11) is 5.19. The van der Waals surface area contributed by atoms with Crippen LogP contribution in [-0.4, -0.2) is 67.9 Å². The van der Waals surface area contributed by atoms with Crippen LogP contribution >= 0.6 is 0 Å². The number of fused-ring (bicyclic) bond motifs is 4. The largest absolute Gasteiger partial charge is 0.504 e. The summed E-state index contributed by atoms with van der Waals surface area (Å²) in [5.74, 6) is 2.94. The molecule has 1 saturated heterocycles. The number of phenols is 1. The highest BCUT2D eigenvalue weighted by Crippen LogP contribution is 2.41. The number of amides is 1. The average molecular weight is 607 g/mol. The Morgan fingerprint density at radius 2 is 1.82 bits per heavy atom. The number of carbonyl (C=O) groups is 1. The van der Waals surface area contributed by atoms with Crippen molar-refractivity contribution in [3.05, 3.63) is 53.6 Å². The summed E-state index contributed by atoms with van der Waals surface area (Å²) in [5.41, 5.74) is 12.8. The number of ether oxygens (including phenoxy) is 2. The first-order chi connectivity index (χ1) is 21.7. The van der Waals surface area contributed by atoms with E-state index in [1.807, 2.05) is 49.2 Å². The summed E-state index contributed by atoms with van der Waals surface area (Å²) in [5, 5.41) is 11.4. The lowest BCUT2D eigenvalue weighted by Gasteiger charge is -2.27. The molecule has 2 aliphatic carbocycles. The van der Waals surface area contributed by atoms with Crippen molar-refractivity contribution < 1.29 is 19.4 Å². The van der Waals surface area contributed by atoms with Crippen LogP contribution in [0.5, 0.6) is 17.2 Å². The predicted octanol–water partition coefficient (Wildman–Crippen LogP) is 5.26. The molecule has 0 spiro atoms. The normalized spacial score (nSPS) is 20.9. The van der Waals surface area contributed by atoms with Crippen LogP contribution in [-0.2, 0) is 13.6 Å². The number of nitrogens with two attached hydrogens (primary N) is 1. The van der Waals surface area contributed by atoms with Gasteiger partial charge in [0.15, 0.2) is 17.3 Å². The van der Waals surface area contributed by atoms with Crippen molar-refractivity contribution in [3.63, 3.8) is 0 Å². The summed E-state index contributed by atoms with van der Waals surface area (Å²) in [4.78, 5) is 26.0. The summed E-state index contributed by atoms with van der Waals surface area (Å²) in [6.45, 7) is 3.41. The molecule has 1 amide bonds. The molecule has 3 aromatic heterocycles. The molecule has 4 heterocycles. The monoisotopic (exact) mass is 606 g/mol. The molecule has 2 saturated carbocycles. The Balaban J connectivity index is 1.24. The zero-order chi connectivity index (χ0) is 31.1. The fourth-order valence-corrected chi connectivity index (χ4v) is 7.53. The number of aryl methyl sites for hydroxylation is 2. The third-order valence-corrected chi connectivity index (χ3v) is 10.2. The Kier molecular flexibility index (Phi) is 6.36. The minimum atomic E-state index is -0.00859. The Hall–Kier alpha value is -4.57. The third-order valence-electron chi connectivity index (χ3n) is 10.2. The van der Waals surface area contributed by atoms with Crippen molar-refractivity contribution >= 4 is 28.0 Å². The van der Waals surface area contributed by atoms with E-state index < -0.39 is 0 Å². The summed E-state index contributed by atoms with van der Waals surface area (Å²) in [6.07, 6.45) is 4.44. The van der Waals surface area contributed by atoms with Gasteiger partial charge < -0.3 is 34.3 Å². The molecule has 2 aromatic carbocycles. The summed E-state index contributed by atoms with van der Waals surface area (Å²) >= 11 is 0. The molecule has 2 bridgehead atoms. The molecule has 2 unspecified atom stereocenters. The second kappa shape index (κ2) is 10.2. The van der Waals surface area contributed by atoms with Crippen LogP contribution in [0.4, 0.5) is 0 Å². The lowest BCUT2D eigenvalue weighted by Crippen LogP contribution is -2.41. The highest BCUT2D eigenvalue weighted by Gasteiger charge is 2.47. The Bertz CT molecular complexity index is 2010. The number of hydrogen-bond donors (Lipinski definition) is 2. The quantitative estimate of drug-likeness (QED) is 0.259. The Morgan fingerprint density at radius 1 is 1.02 bits per heavy atom. The number of methoxy groups -OCH3 is 2. The molecule has 3 atom stereocenters. The van der Waals surface area contributed by atoms with Gasteiger partial charge in [0.1, 0.15) is 16.9 Å². The first kappa shape index (κ1) is 27.9. The summed E-state index contributed by atoms with van der Waals surface area (Å²) in [6, 6.07) is 13.9. The number of phenolic OH excluding ortho intramolecular Hbond substituents is 1. The number of nitrogens with zero attached hydrogens (tertiary/aromatic N) is 5. The van der Waals surface area contributed by atoms with Crippen molar-refractivity contribution in [1.82, 2.24) is 24.0 Å². The zero-order valence-electron chi connectivity index (χ0n) is 26.1. The number of aromatic nitrogens is 4. The van der Waals surface area contributed by atoms with Gasteiger partial charge in [-0.05, 0) is 92.5 Å². The van der Waals surface area contributed by atoms with E-state index in [4.69, 9.17) is 25.2 Å². The fraction of sp³-hybridized carbons (Fsp3) is 0.400. The van der Waals surface area contributed by atoms with Gasteiger partial charge in [-0.15, -0.1) is 0 Å². The second-order valence-corrected chi connectivity index (χ2v) is 13.0. The number of rotatable bonds is 7. The second-order valence-electron chi connectivity index (χ2n) is 13.0. The average Bonchev–Trinajstić information content (AvgIpc) is 3.45. The van der Waals surface area contributed by atoms with Gasteiger partial charge in [-0.3, -0.25) is 4.79 Å². The van der Waals surface area contributed by atoms with E-state index in [2.05, 4.69) is 21.3 Å². The van der Waals surface area contributed by atoms with Crippen LogP contribution in [0.3, 0.4) is 0 Å². The van der Waals surface area contributed by atoms with E-state index in [0.29, 0.717) is 41.0 Å². The topological polar surface area (TPSA) is 121 Å². The molecule has 232 valence electrons. The number of piperidine rings is 1. The van der Waals surface area contributed by atoms with Crippen molar-refractivity contribution in [1.29, 1.82) is 0 Å². The first-order valence-electron chi connectivity index (χ1n) is 15.7. The van der Waals surface area contributed by atoms with Gasteiger partial charge >= 0.3 is 0 Å². The van der Waals surface area contributed by atoms with E-state index in [9.17, 15) is 9.90 Å². The van der Waals surface area contributed by atoms with Crippen LogP contribution in [0.15, 0.2) is 42.5 Å². The Morgan fingerprint density at radius 3 is 2.51 bits per heavy atom. The number of benzene rings is 2. The smallest absolute Gasteiger partial charge is 0.254 e. The van der Waals surface area contributed by atoms with Crippen molar-refractivity contribution in [2.24, 2.45) is 24.6 Å². The van der Waals surface area contributed by atoms with Crippen molar-refractivity contribution in [2.45, 2.75) is 51.2 Å². The van der Waals surface area contributed by atoms with Crippen molar-refractivity contribution in [3.8, 4) is 40.0 Å². The number of carbonyl (C=O) groups excluding carboxylic acids is 1. The molecular formula is C35H38N6O4. The maximum Gasteiger partial charge on any atom is 0.254 e. The van der Waals surface area contributed by atoms with Crippen molar-refractivity contribution in [2.75, 3.05) is 20.8 Å². The number of imidazole rings is 1. The van der Waals surface area contributed by atoms with E-state index >= 15 is 0 Å². The van der Waals surface area contributed by atoms with E-state index in [-0.39, 0.29) is 23.7 Å². The highest BCUT2D eigenvalue weighted by atomic mass is 16.5. The molecule has 10 nitrogen and oxygen atoms in total.